The lowest BCUT2D eigenvalue weighted by atomic mass is 9.74. The molecule has 176 valence electrons. The topological polar surface area (TPSA) is 55.9 Å². The molecule has 0 radical (unpaired) electrons. The van der Waals surface area contributed by atoms with Crippen LogP contribution < -0.4 is 5.32 Å². The summed E-state index contributed by atoms with van der Waals surface area (Å²) in [5.41, 5.74) is 2.01. The summed E-state index contributed by atoms with van der Waals surface area (Å²) in [5.74, 6) is 0.503. The van der Waals surface area contributed by atoms with E-state index in [9.17, 15) is 9.59 Å². The van der Waals surface area contributed by atoms with Crippen molar-refractivity contribution in [1.29, 1.82) is 0 Å². The minimum Gasteiger partial charge on any atom is -0.334 e. The Bertz CT molecular complexity index is 779. The van der Waals surface area contributed by atoms with Crippen molar-refractivity contribution in [3.05, 3.63) is 48.0 Å². The summed E-state index contributed by atoms with van der Waals surface area (Å²) in [4.78, 5) is 32.1. The third-order valence-electron chi connectivity index (χ3n) is 6.81. The lowest BCUT2D eigenvalue weighted by Crippen LogP contribution is -2.59. The number of piperidine rings is 1. The van der Waals surface area contributed by atoms with Gasteiger partial charge in [-0.3, -0.25) is 9.69 Å². The van der Waals surface area contributed by atoms with Crippen molar-refractivity contribution >= 4 is 11.8 Å². The van der Waals surface area contributed by atoms with Crippen LogP contribution in [-0.2, 0) is 11.2 Å². The van der Waals surface area contributed by atoms with Crippen LogP contribution in [0, 0.1) is 5.92 Å². The first kappa shape index (κ1) is 24.5. The molecule has 1 aromatic carbocycles. The normalized spacial score (nSPS) is 23.8. The number of benzene rings is 1. The number of carbonyl (C=O) groups is 2. The predicted octanol–water partition coefficient (Wildman–Crippen LogP) is 3.19. The molecule has 0 unspecified atom stereocenters. The van der Waals surface area contributed by atoms with E-state index in [1.165, 1.54) is 5.56 Å². The van der Waals surface area contributed by atoms with Crippen LogP contribution in [0.1, 0.15) is 38.2 Å². The first-order chi connectivity index (χ1) is 15.4. The van der Waals surface area contributed by atoms with Crippen LogP contribution >= 0.6 is 0 Å². The number of Topliss-reactive ketones (excluding diaryl/α,β-unsaturated/α-hetero) is 1. The van der Waals surface area contributed by atoms with Crippen molar-refractivity contribution in [2.45, 2.75) is 51.1 Å². The Balaban J connectivity index is 1.64. The Labute approximate surface area is 193 Å². The second-order valence-electron chi connectivity index (χ2n) is 9.67. The van der Waals surface area contributed by atoms with Crippen molar-refractivity contribution in [1.82, 2.24) is 20.0 Å². The lowest BCUT2D eigenvalue weighted by molar-refractivity contribution is -0.119. The number of amides is 2. The molecule has 1 saturated heterocycles. The van der Waals surface area contributed by atoms with Crippen LogP contribution in [0.25, 0.3) is 0 Å². The number of nitrogens with zero attached hydrogens (tertiary/aromatic N) is 3. The predicted molar refractivity (Wildman–Crippen MR) is 130 cm³/mol. The highest BCUT2D eigenvalue weighted by molar-refractivity contribution is 5.95. The van der Waals surface area contributed by atoms with Crippen LogP contribution in [0.3, 0.4) is 0 Å². The second kappa shape index (κ2) is 11.6. The first-order valence-electron chi connectivity index (χ1n) is 12.1. The molecule has 3 rings (SSSR count). The third-order valence-corrected chi connectivity index (χ3v) is 6.81. The molecule has 0 spiro atoms. The van der Waals surface area contributed by atoms with Crippen molar-refractivity contribution in [3.8, 4) is 0 Å². The fraction of sp³-hybridized carbons (Fsp3) is 0.615. The van der Waals surface area contributed by atoms with Crippen molar-refractivity contribution in [2.24, 2.45) is 5.92 Å². The standard InChI is InChI=1S/C26H40N4O2/c1-5-12-30-19-23(17-22-18-25(31)20(2)16-24(22)30)27-26(32)29(15-14-28(3)4)13-11-21-9-7-6-8-10-21/h6-10,22-24H,2,5,11-19H2,1,3-4H3,(H,27,32)/t22-,23+,24-/m1/s1. The smallest absolute Gasteiger partial charge is 0.317 e. The van der Waals surface area contributed by atoms with Gasteiger partial charge in [0.1, 0.15) is 0 Å². The fourth-order valence-electron chi connectivity index (χ4n) is 5.04. The maximum Gasteiger partial charge on any atom is 0.317 e. The van der Waals surface area contributed by atoms with Crippen LogP contribution in [0.15, 0.2) is 42.5 Å². The van der Waals surface area contributed by atoms with Crippen LogP contribution in [0.4, 0.5) is 4.79 Å². The molecular weight excluding hydrogens is 400 g/mol. The van der Waals surface area contributed by atoms with Gasteiger partial charge in [0.25, 0.3) is 0 Å². The average Bonchev–Trinajstić information content (AvgIpc) is 2.76. The van der Waals surface area contributed by atoms with E-state index in [1.807, 2.05) is 37.2 Å². The minimum atomic E-state index is 0.00854. The van der Waals surface area contributed by atoms with Gasteiger partial charge in [-0.1, -0.05) is 43.8 Å². The van der Waals surface area contributed by atoms with Crippen LogP contribution in [-0.4, -0.2) is 85.4 Å². The van der Waals surface area contributed by atoms with Gasteiger partial charge < -0.3 is 15.1 Å². The number of likely N-dealkylation sites (N-methyl/N-ethyl adjacent to an activating group) is 1. The molecular formula is C26H40N4O2. The Hall–Kier alpha value is -2.18. The van der Waals surface area contributed by atoms with E-state index >= 15 is 0 Å². The molecule has 0 bridgehead atoms. The van der Waals surface area contributed by atoms with E-state index in [2.05, 4.69) is 40.8 Å². The third kappa shape index (κ3) is 6.66. The number of carbonyl (C=O) groups excluding carboxylic acids is 2. The Morgan fingerprint density at radius 3 is 2.59 bits per heavy atom. The molecule has 2 fully saturated rings. The van der Waals surface area contributed by atoms with Gasteiger partial charge in [-0.2, -0.15) is 0 Å². The van der Waals surface area contributed by atoms with Crippen LogP contribution in [0.2, 0.25) is 0 Å². The molecule has 6 heteroatoms. The van der Waals surface area contributed by atoms with Crippen LogP contribution in [0.5, 0.6) is 0 Å². The monoisotopic (exact) mass is 440 g/mol. The Morgan fingerprint density at radius 1 is 1.16 bits per heavy atom. The lowest BCUT2D eigenvalue weighted by Gasteiger charge is -2.47. The molecule has 0 aromatic heterocycles. The Kier molecular flexibility index (Phi) is 8.88. The highest BCUT2D eigenvalue weighted by Crippen LogP contribution is 2.35. The van der Waals surface area contributed by atoms with E-state index in [0.29, 0.717) is 31.5 Å². The number of rotatable bonds is 9. The van der Waals surface area contributed by atoms with E-state index in [-0.39, 0.29) is 17.9 Å². The van der Waals surface area contributed by atoms with Gasteiger partial charge in [0.15, 0.2) is 5.78 Å². The van der Waals surface area contributed by atoms with E-state index < -0.39 is 0 Å². The summed E-state index contributed by atoms with van der Waals surface area (Å²) in [6, 6.07) is 10.8. The number of urea groups is 1. The Morgan fingerprint density at radius 2 is 1.91 bits per heavy atom. The zero-order valence-electron chi connectivity index (χ0n) is 20.1. The molecule has 6 nitrogen and oxygen atoms in total. The summed E-state index contributed by atoms with van der Waals surface area (Å²) in [6.45, 7) is 10.2. The summed E-state index contributed by atoms with van der Waals surface area (Å²) >= 11 is 0. The van der Waals surface area contributed by atoms with Gasteiger partial charge in [-0.25, -0.2) is 4.79 Å². The molecule has 3 atom stereocenters. The first-order valence-corrected chi connectivity index (χ1v) is 12.1. The van der Waals surface area contributed by atoms with Crippen molar-refractivity contribution < 1.29 is 9.59 Å². The number of hydrogen-bond donors (Lipinski definition) is 1. The molecule has 1 saturated carbocycles. The molecule has 2 aliphatic rings. The zero-order valence-corrected chi connectivity index (χ0v) is 20.1. The van der Waals surface area contributed by atoms with Crippen molar-refractivity contribution in [2.75, 3.05) is 46.8 Å². The fourth-order valence-corrected chi connectivity index (χ4v) is 5.04. The molecule has 1 aromatic rings. The summed E-state index contributed by atoms with van der Waals surface area (Å²) in [5, 5.41) is 3.32. The van der Waals surface area contributed by atoms with E-state index in [0.717, 1.165) is 50.9 Å². The maximum atomic E-state index is 13.3. The number of hydrogen-bond acceptors (Lipinski definition) is 4. The maximum absolute atomic E-state index is 13.3. The molecule has 1 N–H and O–H groups in total. The molecule has 1 aliphatic heterocycles. The number of likely N-dealkylation sites (tertiary alicyclic amines) is 1. The summed E-state index contributed by atoms with van der Waals surface area (Å²) in [7, 11) is 4.07. The van der Waals surface area contributed by atoms with Gasteiger partial charge in [-0.05, 0) is 63.4 Å². The van der Waals surface area contributed by atoms with Gasteiger partial charge in [0, 0.05) is 44.7 Å². The van der Waals surface area contributed by atoms with Gasteiger partial charge in [0.05, 0.1) is 0 Å². The summed E-state index contributed by atoms with van der Waals surface area (Å²) < 4.78 is 0. The van der Waals surface area contributed by atoms with Gasteiger partial charge in [0.2, 0.25) is 0 Å². The molecule has 1 aliphatic carbocycles. The van der Waals surface area contributed by atoms with Crippen molar-refractivity contribution in [3.63, 3.8) is 0 Å². The number of ketones is 1. The van der Waals surface area contributed by atoms with E-state index in [1.54, 1.807) is 0 Å². The number of nitrogens with one attached hydrogen (secondary N) is 1. The second-order valence-corrected chi connectivity index (χ2v) is 9.67. The zero-order chi connectivity index (χ0) is 23.1. The highest BCUT2D eigenvalue weighted by Gasteiger charge is 2.41. The van der Waals surface area contributed by atoms with Gasteiger partial charge >= 0.3 is 6.03 Å². The molecule has 32 heavy (non-hydrogen) atoms. The van der Waals surface area contributed by atoms with E-state index in [4.69, 9.17) is 0 Å². The number of fused-ring (bicyclic) bond motifs is 1. The van der Waals surface area contributed by atoms with Gasteiger partial charge in [-0.15, -0.1) is 0 Å². The SMILES string of the molecule is C=C1C[C@@H]2[C@@H](CC1=O)C[C@H](NC(=O)N(CCc1ccccc1)CCN(C)C)CN2CCC. The quantitative estimate of drug-likeness (QED) is 0.599. The molecule has 1 heterocycles. The molecule has 2 amide bonds. The highest BCUT2D eigenvalue weighted by atomic mass is 16.2. The largest absolute Gasteiger partial charge is 0.334 e. The average molecular weight is 441 g/mol. The minimum absolute atomic E-state index is 0.00854. The summed E-state index contributed by atoms with van der Waals surface area (Å²) in [6.07, 6.45) is 4.12.